The highest BCUT2D eigenvalue weighted by molar-refractivity contribution is 5.77. The molecule has 1 aromatic rings. The molecule has 7 heteroatoms. The van der Waals surface area contributed by atoms with Gasteiger partial charge in [0.2, 0.25) is 5.91 Å². The van der Waals surface area contributed by atoms with Gasteiger partial charge in [-0.15, -0.1) is 0 Å². The standard InChI is InChI=1S/C20H27N5O2/c21-13-15-3-6-19(23-14-15)24-8-10-25(11-9-24)20(26)12-16-4-5-18(27-16)17-2-1-7-22-17/h3,6,14,16-18,22H,1-2,4-5,7-12H2/t16?,17-,18?/m0/s1. The number of nitriles is 1. The Morgan fingerprint density at radius 3 is 2.78 bits per heavy atom. The fourth-order valence-corrected chi connectivity index (χ4v) is 4.36. The van der Waals surface area contributed by atoms with Gasteiger partial charge in [-0.1, -0.05) is 0 Å². The molecule has 0 spiro atoms. The van der Waals surface area contributed by atoms with Gasteiger partial charge in [0.15, 0.2) is 0 Å². The highest BCUT2D eigenvalue weighted by Crippen LogP contribution is 2.28. The van der Waals surface area contributed by atoms with E-state index in [1.807, 2.05) is 11.0 Å². The SMILES string of the molecule is N#Cc1ccc(N2CCN(C(=O)CC3CCC([C@@H]4CCCN4)O3)CC2)nc1. The van der Waals surface area contributed by atoms with Crippen LogP contribution in [0.3, 0.4) is 0 Å². The molecule has 4 heterocycles. The zero-order chi connectivity index (χ0) is 18.6. The lowest BCUT2D eigenvalue weighted by molar-refractivity contribution is -0.134. The molecule has 2 unspecified atom stereocenters. The second kappa shape index (κ2) is 8.24. The van der Waals surface area contributed by atoms with Crippen molar-refractivity contribution in [1.29, 1.82) is 5.26 Å². The lowest BCUT2D eigenvalue weighted by Gasteiger charge is -2.35. The summed E-state index contributed by atoms with van der Waals surface area (Å²) in [6.45, 7) is 4.05. The van der Waals surface area contributed by atoms with E-state index < -0.39 is 0 Å². The lowest BCUT2D eigenvalue weighted by atomic mass is 10.1. The summed E-state index contributed by atoms with van der Waals surface area (Å²) in [7, 11) is 0. The summed E-state index contributed by atoms with van der Waals surface area (Å²) in [5, 5.41) is 12.4. The molecule has 1 N–H and O–H groups in total. The molecule has 4 rings (SSSR count). The van der Waals surface area contributed by atoms with Crippen molar-refractivity contribution in [2.45, 2.75) is 50.4 Å². The first kappa shape index (κ1) is 18.2. The molecule has 7 nitrogen and oxygen atoms in total. The van der Waals surface area contributed by atoms with Crippen LogP contribution in [0.2, 0.25) is 0 Å². The Balaban J connectivity index is 1.23. The highest BCUT2D eigenvalue weighted by Gasteiger charge is 2.35. The first-order valence-corrected chi connectivity index (χ1v) is 10.0. The van der Waals surface area contributed by atoms with Crippen LogP contribution < -0.4 is 10.2 Å². The molecule has 0 aromatic carbocycles. The van der Waals surface area contributed by atoms with Crippen LogP contribution in [-0.4, -0.2) is 66.8 Å². The van der Waals surface area contributed by atoms with E-state index in [9.17, 15) is 4.79 Å². The number of hydrogen-bond acceptors (Lipinski definition) is 6. The maximum absolute atomic E-state index is 12.7. The Morgan fingerprint density at radius 2 is 2.11 bits per heavy atom. The zero-order valence-electron chi connectivity index (χ0n) is 15.6. The first-order valence-electron chi connectivity index (χ1n) is 10.0. The van der Waals surface area contributed by atoms with E-state index in [0.717, 1.165) is 38.3 Å². The van der Waals surface area contributed by atoms with Crippen molar-refractivity contribution in [2.75, 3.05) is 37.6 Å². The number of carbonyl (C=O) groups excluding carboxylic acids is 1. The highest BCUT2D eigenvalue weighted by atomic mass is 16.5. The minimum Gasteiger partial charge on any atom is -0.373 e. The predicted octanol–water partition coefficient (Wildman–Crippen LogP) is 1.29. The van der Waals surface area contributed by atoms with Gasteiger partial charge in [0.1, 0.15) is 11.9 Å². The van der Waals surface area contributed by atoms with Crippen molar-refractivity contribution in [3.63, 3.8) is 0 Å². The summed E-state index contributed by atoms with van der Waals surface area (Å²) < 4.78 is 6.16. The second-order valence-corrected chi connectivity index (χ2v) is 7.67. The maximum Gasteiger partial charge on any atom is 0.225 e. The molecule has 0 aliphatic carbocycles. The molecule has 0 radical (unpaired) electrons. The quantitative estimate of drug-likeness (QED) is 0.861. The Bertz CT molecular complexity index is 687. The summed E-state index contributed by atoms with van der Waals surface area (Å²) in [4.78, 5) is 21.1. The molecule has 0 bridgehead atoms. The number of rotatable bonds is 4. The Hall–Kier alpha value is -2.17. The fourth-order valence-electron chi connectivity index (χ4n) is 4.36. The number of carbonyl (C=O) groups is 1. The normalized spacial score (nSPS) is 28.3. The smallest absolute Gasteiger partial charge is 0.225 e. The minimum atomic E-state index is 0.0723. The van der Waals surface area contributed by atoms with Gasteiger partial charge >= 0.3 is 0 Å². The predicted molar refractivity (Wildman–Crippen MR) is 101 cm³/mol. The molecule has 3 atom stereocenters. The van der Waals surface area contributed by atoms with Gasteiger partial charge in [-0.05, 0) is 44.4 Å². The molecule has 3 saturated heterocycles. The third-order valence-electron chi connectivity index (χ3n) is 5.92. The van der Waals surface area contributed by atoms with Crippen molar-refractivity contribution >= 4 is 11.7 Å². The topological polar surface area (TPSA) is 81.5 Å². The second-order valence-electron chi connectivity index (χ2n) is 7.67. The Kier molecular flexibility index (Phi) is 5.55. The summed E-state index contributed by atoms with van der Waals surface area (Å²) >= 11 is 0. The van der Waals surface area contributed by atoms with E-state index in [-0.39, 0.29) is 18.1 Å². The van der Waals surface area contributed by atoms with Crippen LogP contribution in [0.25, 0.3) is 0 Å². The van der Waals surface area contributed by atoms with E-state index in [0.29, 0.717) is 31.1 Å². The Morgan fingerprint density at radius 1 is 1.26 bits per heavy atom. The van der Waals surface area contributed by atoms with Gasteiger partial charge < -0.3 is 19.9 Å². The monoisotopic (exact) mass is 369 g/mol. The van der Waals surface area contributed by atoms with Crippen molar-refractivity contribution in [3.8, 4) is 6.07 Å². The molecule has 3 aliphatic rings. The summed E-state index contributed by atoms with van der Waals surface area (Å²) in [6, 6.07) is 6.22. The molecule has 3 fully saturated rings. The van der Waals surface area contributed by atoms with Gasteiger partial charge in [0.05, 0.1) is 24.2 Å². The number of nitrogens with zero attached hydrogens (tertiary/aromatic N) is 4. The van der Waals surface area contributed by atoms with Crippen molar-refractivity contribution in [1.82, 2.24) is 15.2 Å². The summed E-state index contributed by atoms with van der Waals surface area (Å²) in [6.07, 6.45) is 6.92. The zero-order valence-corrected chi connectivity index (χ0v) is 15.6. The fraction of sp³-hybridized carbons (Fsp3) is 0.650. The number of nitrogens with one attached hydrogen (secondary N) is 1. The van der Waals surface area contributed by atoms with Crippen LogP contribution in [0, 0.1) is 11.3 Å². The minimum absolute atomic E-state index is 0.0723. The van der Waals surface area contributed by atoms with Crippen LogP contribution in [0.5, 0.6) is 0 Å². The van der Waals surface area contributed by atoms with Crippen LogP contribution in [-0.2, 0) is 9.53 Å². The number of hydrogen-bond donors (Lipinski definition) is 1. The first-order chi connectivity index (χ1) is 13.2. The number of anilines is 1. The molecular formula is C20H27N5O2. The number of amides is 1. The third-order valence-corrected chi connectivity index (χ3v) is 5.92. The van der Waals surface area contributed by atoms with Crippen LogP contribution >= 0.6 is 0 Å². The van der Waals surface area contributed by atoms with Gasteiger partial charge in [0, 0.05) is 38.4 Å². The molecule has 27 heavy (non-hydrogen) atoms. The summed E-state index contributed by atoms with van der Waals surface area (Å²) in [5.74, 6) is 1.07. The van der Waals surface area contributed by atoms with Gasteiger partial charge in [-0.25, -0.2) is 4.98 Å². The molecule has 0 saturated carbocycles. The van der Waals surface area contributed by atoms with Crippen LogP contribution in [0.1, 0.15) is 37.7 Å². The van der Waals surface area contributed by atoms with Crippen molar-refractivity contribution in [3.05, 3.63) is 23.9 Å². The van der Waals surface area contributed by atoms with E-state index in [1.165, 1.54) is 12.8 Å². The number of aromatic nitrogens is 1. The number of pyridine rings is 1. The third kappa shape index (κ3) is 4.23. The average molecular weight is 369 g/mol. The largest absolute Gasteiger partial charge is 0.373 e. The number of piperazine rings is 1. The van der Waals surface area contributed by atoms with Gasteiger partial charge in [-0.3, -0.25) is 4.79 Å². The van der Waals surface area contributed by atoms with E-state index in [2.05, 4.69) is 21.3 Å². The molecule has 1 aromatic heterocycles. The van der Waals surface area contributed by atoms with Crippen molar-refractivity contribution in [2.24, 2.45) is 0 Å². The van der Waals surface area contributed by atoms with E-state index >= 15 is 0 Å². The van der Waals surface area contributed by atoms with Gasteiger partial charge in [-0.2, -0.15) is 5.26 Å². The molecule has 1 amide bonds. The molecule has 3 aliphatic heterocycles. The molecular weight excluding hydrogens is 342 g/mol. The molecule has 144 valence electrons. The van der Waals surface area contributed by atoms with Crippen LogP contribution in [0.4, 0.5) is 5.82 Å². The van der Waals surface area contributed by atoms with Crippen LogP contribution in [0.15, 0.2) is 18.3 Å². The average Bonchev–Trinajstić information content (AvgIpc) is 3.40. The van der Waals surface area contributed by atoms with E-state index in [1.54, 1.807) is 12.3 Å². The van der Waals surface area contributed by atoms with E-state index in [4.69, 9.17) is 10.00 Å². The van der Waals surface area contributed by atoms with Crippen molar-refractivity contribution < 1.29 is 9.53 Å². The maximum atomic E-state index is 12.7. The summed E-state index contributed by atoms with van der Waals surface area (Å²) in [5.41, 5.74) is 0.565. The lowest BCUT2D eigenvalue weighted by Crippen LogP contribution is -2.49. The Labute approximate surface area is 160 Å². The van der Waals surface area contributed by atoms with Gasteiger partial charge in [0.25, 0.3) is 0 Å². The number of ether oxygens (including phenoxy) is 1.